The molecule has 0 spiro atoms. The molecule has 0 radical (unpaired) electrons. The molecule has 2 heteroatoms. The zero-order valence-corrected chi connectivity index (χ0v) is 16.4. The largest absolute Gasteiger partial charge is 0.481 e. The zero-order valence-electron chi connectivity index (χ0n) is 16.4. The molecular formula is C23H40O2. The molecule has 0 atom stereocenters. The third-order valence-corrected chi connectivity index (χ3v) is 4.28. The Bertz CT molecular complexity index is 366. The van der Waals surface area contributed by atoms with E-state index in [1.165, 1.54) is 64.2 Å². The van der Waals surface area contributed by atoms with E-state index in [0.29, 0.717) is 6.42 Å². The Kier molecular flexibility index (Phi) is 19.6. The minimum Gasteiger partial charge on any atom is -0.481 e. The number of unbranched alkanes of at least 4 members (excludes halogenated alkanes) is 10. The van der Waals surface area contributed by atoms with Gasteiger partial charge in [0.25, 0.3) is 0 Å². The number of rotatable bonds is 18. The molecule has 0 rings (SSSR count). The third kappa shape index (κ3) is 22.7. The normalized spacial score (nSPS) is 12.0. The van der Waals surface area contributed by atoms with Crippen LogP contribution in [0, 0.1) is 0 Å². The van der Waals surface area contributed by atoms with Gasteiger partial charge < -0.3 is 5.11 Å². The van der Waals surface area contributed by atoms with Crippen molar-refractivity contribution in [3.8, 4) is 0 Å². The monoisotopic (exact) mass is 348 g/mol. The Hall–Kier alpha value is -1.31. The van der Waals surface area contributed by atoms with Crippen molar-refractivity contribution in [3.63, 3.8) is 0 Å². The Morgan fingerprint density at radius 3 is 1.60 bits per heavy atom. The molecule has 0 aromatic rings. The molecular weight excluding hydrogens is 308 g/mol. The van der Waals surface area contributed by atoms with Gasteiger partial charge in [-0.3, -0.25) is 4.79 Å². The molecule has 0 aliphatic carbocycles. The van der Waals surface area contributed by atoms with E-state index in [9.17, 15) is 4.79 Å². The van der Waals surface area contributed by atoms with Gasteiger partial charge in [0.15, 0.2) is 0 Å². The summed E-state index contributed by atoms with van der Waals surface area (Å²) in [5.41, 5.74) is 0. The van der Waals surface area contributed by atoms with E-state index in [4.69, 9.17) is 5.11 Å². The summed E-state index contributed by atoms with van der Waals surface area (Å²) in [5, 5.41) is 8.55. The quantitative estimate of drug-likeness (QED) is 0.204. The number of carboxylic acid groups (broad SMARTS) is 1. The van der Waals surface area contributed by atoms with Gasteiger partial charge in [0.2, 0.25) is 0 Å². The highest BCUT2D eigenvalue weighted by atomic mass is 16.4. The number of carboxylic acids is 1. The second kappa shape index (κ2) is 20.7. The summed E-state index contributed by atoms with van der Waals surface area (Å²) in [6.45, 7) is 2.24. The van der Waals surface area contributed by atoms with E-state index in [-0.39, 0.29) is 0 Å². The predicted octanol–water partition coefficient (Wildman–Crippen LogP) is 7.61. The first-order chi connectivity index (χ1) is 12.3. The summed E-state index contributed by atoms with van der Waals surface area (Å²) < 4.78 is 0. The number of carbonyl (C=O) groups is 1. The van der Waals surface area contributed by atoms with Crippen LogP contribution >= 0.6 is 0 Å². The Labute approximate surface area is 156 Å². The lowest BCUT2D eigenvalue weighted by Crippen LogP contribution is -1.93. The van der Waals surface area contributed by atoms with Crippen molar-refractivity contribution in [1.29, 1.82) is 0 Å². The number of allylic oxidation sites excluding steroid dienone is 6. The molecule has 0 saturated carbocycles. The molecule has 0 unspecified atom stereocenters. The van der Waals surface area contributed by atoms with Crippen LogP contribution in [0.4, 0.5) is 0 Å². The van der Waals surface area contributed by atoms with Crippen molar-refractivity contribution in [2.24, 2.45) is 0 Å². The van der Waals surface area contributed by atoms with Gasteiger partial charge in [-0.25, -0.2) is 0 Å². The Morgan fingerprint density at radius 1 is 0.640 bits per heavy atom. The summed E-state index contributed by atoms with van der Waals surface area (Å²) in [7, 11) is 0. The van der Waals surface area contributed by atoms with Crippen molar-refractivity contribution in [2.75, 3.05) is 0 Å². The summed E-state index contributed by atoms with van der Waals surface area (Å²) in [4.78, 5) is 10.4. The van der Waals surface area contributed by atoms with Crippen molar-refractivity contribution in [1.82, 2.24) is 0 Å². The van der Waals surface area contributed by atoms with E-state index in [1.54, 1.807) is 0 Å². The van der Waals surface area contributed by atoms with E-state index < -0.39 is 5.97 Å². The summed E-state index contributed by atoms with van der Waals surface area (Å²) >= 11 is 0. The summed E-state index contributed by atoms with van der Waals surface area (Å²) in [6, 6.07) is 0. The molecule has 0 aromatic heterocycles. The third-order valence-electron chi connectivity index (χ3n) is 4.28. The van der Waals surface area contributed by atoms with Gasteiger partial charge in [0, 0.05) is 6.42 Å². The smallest absolute Gasteiger partial charge is 0.303 e. The van der Waals surface area contributed by atoms with E-state index in [0.717, 1.165) is 25.7 Å². The number of hydrogen-bond acceptors (Lipinski definition) is 1. The fourth-order valence-electron chi connectivity index (χ4n) is 2.71. The molecule has 0 amide bonds. The molecule has 144 valence electrons. The molecule has 0 aliphatic rings. The van der Waals surface area contributed by atoms with E-state index in [2.05, 4.69) is 43.4 Å². The van der Waals surface area contributed by atoms with Crippen LogP contribution < -0.4 is 0 Å². The average molecular weight is 349 g/mol. The van der Waals surface area contributed by atoms with Crippen molar-refractivity contribution >= 4 is 5.97 Å². The first kappa shape index (κ1) is 23.7. The zero-order chi connectivity index (χ0) is 18.4. The first-order valence-electron chi connectivity index (χ1n) is 10.4. The van der Waals surface area contributed by atoms with Crippen molar-refractivity contribution in [3.05, 3.63) is 36.5 Å². The van der Waals surface area contributed by atoms with Crippen LogP contribution in [0.25, 0.3) is 0 Å². The van der Waals surface area contributed by atoms with Crippen LogP contribution in [0.2, 0.25) is 0 Å². The van der Waals surface area contributed by atoms with Gasteiger partial charge >= 0.3 is 5.97 Å². The molecule has 25 heavy (non-hydrogen) atoms. The maximum Gasteiger partial charge on any atom is 0.303 e. The van der Waals surface area contributed by atoms with Gasteiger partial charge in [0.1, 0.15) is 0 Å². The Balaban J connectivity index is 3.24. The Morgan fingerprint density at radius 2 is 1.08 bits per heavy atom. The number of hydrogen-bond donors (Lipinski definition) is 1. The highest BCUT2D eigenvalue weighted by Gasteiger charge is 1.96. The molecule has 0 fully saturated rings. The molecule has 0 bridgehead atoms. The van der Waals surface area contributed by atoms with Crippen LogP contribution in [0.3, 0.4) is 0 Å². The highest BCUT2D eigenvalue weighted by molar-refractivity contribution is 5.66. The minimum atomic E-state index is -0.666. The molecule has 1 N–H and O–H groups in total. The fourth-order valence-corrected chi connectivity index (χ4v) is 2.71. The second-order valence-electron chi connectivity index (χ2n) is 6.79. The number of aliphatic carboxylic acids is 1. The lowest BCUT2D eigenvalue weighted by molar-refractivity contribution is -0.137. The lowest BCUT2D eigenvalue weighted by Gasteiger charge is -2.00. The predicted molar refractivity (Wildman–Crippen MR) is 110 cm³/mol. The van der Waals surface area contributed by atoms with Gasteiger partial charge in [-0.1, -0.05) is 88.3 Å². The van der Waals surface area contributed by atoms with Crippen LogP contribution in [0.5, 0.6) is 0 Å². The summed E-state index contributed by atoms with van der Waals surface area (Å²) in [6.07, 6.45) is 30.7. The van der Waals surface area contributed by atoms with Gasteiger partial charge in [-0.2, -0.15) is 0 Å². The van der Waals surface area contributed by atoms with Crippen LogP contribution in [0.15, 0.2) is 36.5 Å². The summed E-state index contributed by atoms with van der Waals surface area (Å²) in [5.74, 6) is -0.666. The first-order valence-corrected chi connectivity index (χ1v) is 10.4. The fraction of sp³-hybridized carbons (Fsp3) is 0.696. The average Bonchev–Trinajstić information content (AvgIpc) is 2.60. The van der Waals surface area contributed by atoms with Crippen molar-refractivity contribution < 1.29 is 9.90 Å². The minimum absolute atomic E-state index is 0.328. The van der Waals surface area contributed by atoms with Crippen LogP contribution in [0.1, 0.15) is 103 Å². The molecule has 2 nitrogen and oxygen atoms in total. The molecule has 0 aromatic carbocycles. The van der Waals surface area contributed by atoms with E-state index in [1.807, 2.05) is 0 Å². The topological polar surface area (TPSA) is 37.3 Å². The van der Waals surface area contributed by atoms with E-state index >= 15 is 0 Å². The maximum atomic E-state index is 10.4. The second-order valence-corrected chi connectivity index (χ2v) is 6.79. The molecule has 0 aliphatic heterocycles. The molecule has 0 heterocycles. The van der Waals surface area contributed by atoms with Crippen LogP contribution in [-0.4, -0.2) is 11.1 Å². The maximum absolute atomic E-state index is 10.4. The SMILES string of the molecule is CCCCC/C=C\C/C=C\C/C=C\CCCCCCCCCC(=O)O. The van der Waals surface area contributed by atoms with Gasteiger partial charge in [-0.05, 0) is 44.9 Å². The van der Waals surface area contributed by atoms with Crippen molar-refractivity contribution in [2.45, 2.75) is 103 Å². The standard InChI is InChI=1S/C23H40O2/c1-2-3-4-5-6-7-8-9-10-11-12-13-14-15-16-17-18-19-20-21-22-23(24)25/h6-7,9-10,12-13H,2-5,8,11,14-22H2,1H3,(H,24,25)/b7-6-,10-9-,13-12-. The lowest BCUT2D eigenvalue weighted by atomic mass is 10.1. The highest BCUT2D eigenvalue weighted by Crippen LogP contribution is 2.10. The van der Waals surface area contributed by atoms with Crippen LogP contribution in [-0.2, 0) is 4.79 Å². The van der Waals surface area contributed by atoms with Gasteiger partial charge in [0.05, 0.1) is 0 Å². The molecule has 0 saturated heterocycles. The van der Waals surface area contributed by atoms with Gasteiger partial charge in [-0.15, -0.1) is 0 Å².